The van der Waals surface area contributed by atoms with Gasteiger partial charge in [0, 0.05) is 56.5 Å². The van der Waals surface area contributed by atoms with E-state index in [1.807, 2.05) is 24.5 Å². The summed E-state index contributed by atoms with van der Waals surface area (Å²) >= 11 is 0. The molecule has 0 bridgehead atoms. The highest BCUT2D eigenvalue weighted by molar-refractivity contribution is 6.13. The molecule has 0 saturated carbocycles. The molecule has 0 amide bonds. The normalized spacial score (nSPS) is 11.6. The predicted molar refractivity (Wildman–Crippen MR) is 296 cm³/mol. The Labute approximate surface area is 414 Å². The maximum absolute atomic E-state index is 5.39. The molecule has 0 spiro atoms. The lowest BCUT2D eigenvalue weighted by molar-refractivity contribution is 1.19. The fourth-order valence-corrected chi connectivity index (χ4v) is 10.5. The van der Waals surface area contributed by atoms with E-state index in [-0.39, 0.29) is 0 Å². The lowest BCUT2D eigenvalue weighted by atomic mass is 9.95. The van der Waals surface area contributed by atoms with Crippen LogP contribution in [0.5, 0.6) is 0 Å². The van der Waals surface area contributed by atoms with Gasteiger partial charge in [0.05, 0.1) is 33.8 Å². The monoisotopic (exact) mass is 916 g/mol. The Kier molecular flexibility index (Phi) is 9.74. The first kappa shape index (κ1) is 41.2. The maximum Gasteiger partial charge on any atom is 0.161 e. The summed E-state index contributed by atoms with van der Waals surface area (Å²) in [6, 6.07) is 80.8. The average Bonchev–Trinajstić information content (AvgIpc) is 3.45. The third-order valence-corrected chi connectivity index (χ3v) is 14.0. The van der Waals surface area contributed by atoms with E-state index in [0.29, 0.717) is 11.6 Å². The molecule has 0 unspecified atom stereocenters. The number of pyridine rings is 2. The van der Waals surface area contributed by atoms with Crippen LogP contribution in [0.15, 0.2) is 243 Å². The second-order valence-electron chi connectivity index (χ2n) is 18.2. The third kappa shape index (κ3) is 7.12. The summed E-state index contributed by atoms with van der Waals surface area (Å²) in [5.74, 6) is 1.34. The molecule has 4 heterocycles. The minimum atomic E-state index is 0.671. The van der Waals surface area contributed by atoms with E-state index in [0.717, 1.165) is 132 Å². The topological polar surface area (TPSA) is 77.3 Å². The molecule has 0 atom stereocenters. The molecule has 4 aromatic heterocycles. The largest absolute Gasteiger partial charge is 0.256 e. The van der Waals surface area contributed by atoms with Gasteiger partial charge >= 0.3 is 0 Å². The highest BCUT2D eigenvalue weighted by Crippen LogP contribution is 2.40. The molecular formula is C66H40N6. The smallest absolute Gasteiger partial charge is 0.161 e. The van der Waals surface area contributed by atoms with Gasteiger partial charge < -0.3 is 0 Å². The van der Waals surface area contributed by atoms with E-state index in [4.69, 9.17) is 29.9 Å². The first-order chi connectivity index (χ1) is 35.7. The number of para-hydroxylation sites is 2. The van der Waals surface area contributed by atoms with Crippen LogP contribution in [0, 0.1) is 0 Å². The zero-order valence-electron chi connectivity index (χ0n) is 38.8. The van der Waals surface area contributed by atoms with Crippen molar-refractivity contribution in [2.24, 2.45) is 0 Å². The summed E-state index contributed by atoms with van der Waals surface area (Å²) in [7, 11) is 0. The van der Waals surface area contributed by atoms with Crippen LogP contribution in [0.2, 0.25) is 0 Å². The zero-order valence-corrected chi connectivity index (χ0v) is 38.8. The molecule has 0 aliphatic heterocycles. The van der Waals surface area contributed by atoms with Crippen molar-refractivity contribution in [1.82, 2.24) is 29.9 Å². The molecule has 14 rings (SSSR count). The molecule has 0 aliphatic carbocycles. The first-order valence-corrected chi connectivity index (χ1v) is 24.2. The lowest BCUT2D eigenvalue weighted by Crippen LogP contribution is -1.98. The molecule has 72 heavy (non-hydrogen) atoms. The fourth-order valence-electron chi connectivity index (χ4n) is 10.5. The van der Waals surface area contributed by atoms with Gasteiger partial charge in [0.2, 0.25) is 0 Å². The number of fused-ring (bicyclic) bond motifs is 6. The SMILES string of the molecule is c1ccc2c(-c3nc(-c4ccc(-c5ccc(-c6cc(-c7cccc8cccnc78)nc(-c7c8ccccc8cc8ccccc78)n6)cc5)cc4)cc(-c4cccc5cccnc45)n3)c3ccccc3cc2c1. The van der Waals surface area contributed by atoms with Gasteiger partial charge in [-0.2, -0.15) is 0 Å². The Morgan fingerprint density at radius 1 is 0.236 bits per heavy atom. The second kappa shape index (κ2) is 17.0. The van der Waals surface area contributed by atoms with Crippen LogP contribution < -0.4 is 0 Å². The van der Waals surface area contributed by atoms with Crippen LogP contribution in [0.3, 0.4) is 0 Å². The van der Waals surface area contributed by atoms with E-state index >= 15 is 0 Å². The molecule has 0 radical (unpaired) electrons. The highest BCUT2D eigenvalue weighted by Gasteiger charge is 2.20. The van der Waals surface area contributed by atoms with Crippen molar-refractivity contribution >= 4 is 64.9 Å². The van der Waals surface area contributed by atoms with Gasteiger partial charge in [-0.1, -0.05) is 194 Å². The van der Waals surface area contributed by atoms with Gasteiger partial charge in [-0.3, -0.25) is 9.97 Å². The van der Waals surface area contributed by atoms with Gasteiger partial charge in [-0.25, -0.2) is 19.9 Å². The van der Waals surface area contributed by atoms with Crippen molar-refractivity contribution in [3.63, 3.8) is 0 Å². The first-order valence-electron chi connectivity index (χ1n) is 24.2. The summed E-state index contributed by atoms with van der Waals surface area (Å²) < 4.78 is 0. The van der Waals surface area contributed by atoms with Crippen LogP contribution >= 0.6 is 0 Å². The molecule has 0 saturated heterocycles. The summed E-state index contributed by atoms with van der Waals surface area (Å²) in [5.41, 5.74) is 13.2. The molecule has 14 aromatic rings. The maximum atomic E-state index is 5.39. The number of rotatable bonds is 7. The Bertz CT molecular complexity index is 4050. The number of benzene rings is 10. The molecule has 6 nitrogen and oxygen atoms in total. The van der Waals surface area contributed by atoms with E-state index in [1.165, 1.54) is 0 Å². The quantitative estimate of drug-likeness (QED) is 0.148. The van der Waals surface area contributed by atoms with Crippen LogP contribution in [-0.4, -0.2) is 29.9 Å². The van der Waals surface area contributed by atoms with Gasteiger partial charge in [0.15, 0.2) is 11.6 Å². The van der Waals surface area contributed by atoms with Crippen molar-refractivity contribution in [3.05, 3.63) is 243 Å². The van der Waals surface area contributed by atoms with Gasteiger partial charge in [-0.05, 0) is 90.6 Å². The molecule has 0 fully saturated rings. The lowest BCUT2D eigenvalue weighted by Gasteiger charge is -2.15. The minimum Gasteiger partial charge on any atom is -0.256 e. The van der Waals surface area contributed by atoms with Gasteiger partial charge in [-0.15, -0.1) is 0 Å². The summed E-state index contributed by atoms with van der Waals surface area (Å²) in [5, 5.41) is 11.1. The Morgan fingerprint density at radius 3 is 0.944 bits per heavy atom. The number of nitrogens with zero attached hydrogens (tertiary/aromatic N) is 6. The van der Waals surface area contributed by atoms with Crippen LogP contribution in [0.4, 0.5) is 0 Å². The summed E-state index contributed by atoms with van der Waals surface area (Å²) in [6.07, 6.45) is 3.69. The predicted octanol–water partition coefficient (Wildman–Crippen LogP) is 16.6. The second-order valence-corrected chi connectivity index (χ2v) is 18.2. The Balaban J connectivity index is 0.876. The third-order valence-electron chi connectivity index (χ3n) is 14.0. The van der Waals surface area contributed by atoms with Crippen LogP contribution in [-0.2, 0) is 0 Å². The molecule has 0 aliphatic rings. The standard InChI is InChI=1S/C66H40N6/c1-5-21-51-47(13-1)37-48-14-2-6-22-52(48)61(51)65-69-57(39-59(71-65)55-25-9-17-45-19-11-35-67-63(45)55)43-31-27-41(28-32-43)42-29-33-44(34-30-42)58-40-60(56-26-10-18-46-20-12-36-68-64(46)56)72-66(70-58)62-53-23-7-3-15-49(53)38-50-16-4-8-24-54(50)62/h1-40H. The van der Waals surface area contributed by atoms with E-state index in [2.05, 4.69) is 218 Å². The summed E-state index contributed by atoms with van der Waals surface area (Å²) in [6.45, 7) is 0. The summed E-state index contributed by atoms with van der Waals surface area (Å²) in [4.78, 5) is 31.2. The van der Waals surface area contributed by atoms with E-state index in [9.17, 15) is 0 Å². The fraction of sp³-hybridized carbons (Fsp3) is 0. The Hall–Kier alpha value is -9.78. The van der Waals surface area contributed by atoms with Crippen LogP contribution in [0.25, 0.3) is 144 Å². The minimum absolute atomic E-state index is 0.671. The molecule has 0 N–H and O–H groups in total. The number of hydrogen-bond donors (Lipinski definition) is 0. The average molecular weight is 917 g/mol. The molecule has 334 valence electrons. The van der Waals surface area contributed by atoms with Crippen molar-refractivity contribution in [2.75, 3.05) is 0 Å². The van der Waals surface area contributed by atoms with E-state index < -0.39 is 0 Å². The molecule has 6 heteroatoms. The zero-order chi connectivity index (χ0) is 47.5. The molecular weight excluding hydrogens is 877 g/mol. The van der Waals surface area contributed by atoms with Crippen molar-refractivity contribution in [1.29, 1.82) is 0 Å². The van der Waals surface area contributed by atoms with E-state index in [1.54, 1.807) is 0 Å². The number of aromatic nitrogens is 6. The van der Waals surface area contributed by atoms with Crippen LogP contribution in [0.1, 0.15) is 0 Å². The number of hydrogen-bond acceptors (Lipinski definition) is 6. The van der Waals surface area contributed by atoms with Gasteiger partial charge in [0.1, 0.15) is 0 Å². The van der Waals surface area contributed by atoms with Crippen molar-refractivity contribution in [2.45, 2.75) is 0 Å². The Morgan fingerprint density at radius 2 is 0.556 bits per heavy atom. The molecule has 10 aromatic carbocycles. The van der Waals surface area contributed by atoms with Gasteiger partial charge in [0.25, 0.3) is 0 Å². The highest BCUT2D eigenvalue weighted by atomic mass is 14.9. The van der Waals surface area contributed by atoms with Crippen molar-refractivity contribution in [3.8, 4) is 78.9 Å². The van der Waals surface area contributed by atoms with Crippen molar-refractivity contribution < 1.29 is 0 Å².